The van der Waals surface area contributed by atoms with Crippen molar-refractivity contribution in [2.75, 3.05) is 0 Å². The van der Waals surface area contributed by atoms with Crippen molar-refractivity contribution in [1.82, 2.24) is 10.2 Å². The minimum absolute atomic E-state index is 0.279. The third-order valence-corrected chi connectivity index (χ3v) is 1.95. The van der Waals surface area contributed by atoms with E-state index >= 15 is 0 Å². The van der Waals surface area contributed by atoms with Crippen LogP contribution >= 0.6 is 0 Å². The van der Waals surface area contributed by atoms with E-state index in [4.69, 9.17) is 0 Å². The molecule has 1 heterocycles. The molecule has 2 aromatic rings. The standard InChI is InChI=1S/C11H7FN2O/c12-9-3-1-8(2-4-9)11-6-5-10(7-15)13-14-11/h1-7H. The minimum atomic E-state index is -0.295. The molecule has 74 valence electrons. The zero-order valence-electron chi connectivity index (χ0n) is 7.72. The summed E-state index contributed by atoms with van der Waals surface area (Å²) in [5, 5.41) is 7.53. The van der Waals surface area contributed by atoms with Gasteiger partial charge >= 0.3 is 0 Å². The van der Waals surface area contributed by atoms with Crippen LogP contribution in [-0.2, 0) is 0 Å². The fourth-order valence-electron chi connectivity index (χ4n) is 1.18. The smallest absolute Gasteiger partial charge is 0.170 e. The van der Waals surface area contributed by atoms with Crippen molar-refractivity contribution in [3.63, 3.8) is 0 Å². The van der Waals surface area contributed by atoms with Crippen molar-refractivity contribution in [3.05, 3.63) is 47.9 Å². The summed E-state index contributed by atoms with van der Waals surface area (Å²) in [4.78, 5) is 10.3. The van der Waals surface area contributed by atoms with Crippen molar-refractivity contribution in [1.29, 1.82) is 0 Å². The summed E-state index contributed by atoms with van der Waals surface area (Å²) >= 11 is 0. The summed E-state index contributed by atoms with van der Waals surface area (Å²) in [6.45, 7) is 0. The molecule has 0 aliphatic carbocycles. The molecule has 0 aliphatic heterocycles. The molecule has 0 spiro atoms. The fourth-order valence-corrected chi connectivity index (χ4v) is 1.18. The molecule has 0 N–H and O–H groups in total. The maximum Gasteiger partial charge on any atom is 0.170 e. The molecule has 0 saturated carbocycles. The Bertz CT molecular complexity index is 465. The lowest BCUT2D eigenvalue weighted by atomic mass is 10.1. The van der Waals surface area contributed by atoms with Gasteiger partial charge in [0.25, 0.3) is 0 Å². The monoisotopic (exact) mass is 202 g/mol. The molecule has 1 aromatic carbocycles. The van der Waals surface area contributed by atoms with Crippen LogP contribution in [0.4, 0.5) is 4.39 Å². The largest absolute Gasteiger partial charge is 0.296 e. The van der Waals surface area contributed by atoms with E-state index in [-0.39, 0.29) is 11.5 Å². The molecule has 0 bridgehead atoms. The number of halogens is 1. The Morgan fingerprint density at radius 3 is 2.27 bits per heavy atom. The van der Waals surface area contributed by atoms with Crippen LogP contribution in [0.3, 0.4) is 0 Å². The van der Waals surface area contributed by atoms with Crippen LogP contribution < -0.4 is 0 Å². The van der Waals surface area contributed by atoms with E-state index < -0.39 is 0 Å². The Kier molecular flexibility index (Phi) is 2.49. The summed E-state index contributed by atoms with van der Waals surface area (Å²) in [6.07, 6.45) is 0.626. The number of carbonyl (C=O) groups is 1. The van der Waals surface area contributed by atoms with Crippen molar-refractivity contribution in [2.24, 2.45) is 0 Å². The van der Waals surface area contributed by atoms with Gasteiger partial charge in [0, 0.05) is 5.56 Å². The van der Waals surface area contributed by atoms with Crippen molar-refractivity contribution < 1.29 is 9.18 Å². The van der Waals surface area contributed by atoms with E-state index in [1.165, 1.54) is 12.1 Å². The van der Waals surface area contributed by atoms with Crippen LogP contribution in [0.1, 0.15) is 10.5 Å². The van der Waals surface area contributed by atoms with Crippen LogP contribution in [0.2, 0.25) is 0 Å². The number of rotatable bonds is 2. The number of hydrogen-bond donors (Lipinski definition) is 0. The topological polar surface area (TPSA) is 42.9 Å². The second-order valence-corrected chi connectivity index (χ2v) is 2.97. The molecule has 15 heavy (non-hydrogen) atoms. The van der Waals surface area contributed by atoms with Crippen LogP contribution in [0.15, 0.2) is 36.4 Å². The van der Waals surface area contributed by atoms with E-state index in [9.17, 15) is 9.18 Å². The first-order chi connectivity index (χ1) is 7.29. The van der Waals surface area contributed by atoms with Crippen LogP contribution in [0.25, 0.3) is 11.3 Å². The lowest BCUT2D eigenvalue weighted by molar-refractivity contribution is 0.111. The molecular weight excluding hydrogens is 195 g/mol. The maximum absolute atomic E-state index is 12.6. The molecule has 0 fully saturated rings. The van der Waals surface area contributed by atoms with Gasteiger partial charge < -0.3 is 0 Å². The highest BCUT2D eigenvalue weighted by Gasteiger charge is 2.00. The van der Waals surface area contributed by atoms with Gasteiger partial charge in [-0.1, -0.05) is 0 Å². The zero-order valence-corrected chi connectivity index (χ0v) is 7.72. The SMILES string of the molecule is O=Cc1ccc(-c2ccc(F)cc2)nn1. The zero-order chi connectivity index (χ0) is 10.7. The Labute approximate surface area is 85.6 Å². The van der Waals surface area contributed by atoms with E-state index in [0.29, 0.717) is 12.0 Å². The van der Waals surface area contributed by atoms with E-state index in [1.807, 2.05) is 0 Å². The maximum atomic E-state index is 12.6. The molecule has 1 aromatic heterocycles. The highest BCUT2D eigenvalue weighted by molar-refractivity contribution is 5.72. The van der Waals surface area contributed by atoms with Gasteiger partial charge in [-0.2, -0.15) is 0 Å². The highest BCUT2D eigenvalue weighted by Crippen LogP contribution is 2.15. The van der Waals surface area contributed by atoms with Gasteiger partial charge in [-0.25, -0.2) is 4.39 Å². The van der Waals surface area contributed by atoms with Crippen LogP contribution in [0.5, 0.6) is 0 Å². The number of nitrogens with zero attached hydrogens (tertiary/aromatic N) is 2. The van der Waals surface area contributed by atoms with Gasteiger partial charge in [-0.3, -0.25) is 4.79 Å². The second-order valence-electron chi connectivity index (χ2n) is 2.97. The lowest BCUT2D eigenvalue weighted by Crippen LogP contribution is -1.92. The molecule has 0 aliphatic rings. The molecule has 0 amide bonds. The van der Waals surface area contributed by atoms with Gasteiger partial charge in [0.05, 0.1) is 5.69 Å². The third-order valence-electron chi connectivity index (χ3n) is 1.95. The van der Waals surface area contributed by atoms with E-state index in [1.54, 1.807) is 24.3 Å². The number of aromatic nitrogens is 2. The average Bonchev–Trinajstić information content (AvgIpc) is 2.30. The highest BCUT2D eigenvalue weighted by atomic mass is 19.1. The Balaban J connectivity index is 2.37. The van der Waals surface area contributed by atoms with Crippen molar-refractivity contribution >= 4 is 6.29 Å². The molecule has 0 unspecified atom stereocenters. The fraction of sp³-hybridized carbons (Fsp3) is 0. The first-order valence-electron chi connectivity index (χ1n) is 4.34. The van der Waals surface area contributed by atoms with Crippen LogP contribution in [-0.4, -0.2) is 16.5 Å². The summed E-state index contributed by atoms with van der Waals surface area (Å²) in [5.41, 5.74) is 1.66. The van der Waals surface area contributed by atoms with Gasteiger partial charge in [0.15, 0.2) is 6.29 Å². The Morgan fingerprint density at radius 1 is 1.00 bits per heavy atom. The second kappa shape index (κ2) is 3.96. The third kappa shape index (κ3) is 2.04. The molecule has 2 rings (SSSR count). The summed E-state index contributed by atoms with van der Waals surface area (Å²) < 4.78 is 12.6. The molecule has 0 atom stereocenters. The van der Waals surface area contributed by atoms with Gasteiger partial charge in [0.1, 0.15) is 11.5 Å². The Hall–Kier alpha value is -2.10. The van der Waals surface area contributed by atoms with Crippen molar-refractivity contribution in [2.45, 2.75) is 0 Å². The molecule has 3 nitrogen and oxygen atoms in total. The molecule has 4 heteroatoms. The number of carbonyl (C=O) groups excluding carboxylic acids is 1. The van der Waals surface area contributed by atoms with Gasteiger partial charge in [-0.15, -0.1) is 10.2 Å². The molecule has 0 radical (unpaired) electrons. The lowest BCUT2D eigenvalue weighted by Gasteiger charge is -1.98. The summed E-state index contributed by atoms with van der Waals surface area (Å²) in [7, 11) is 0. The molecule has 0 saturated heterocycles. The van der Waals surface area contributed by atoms with Gasteiger partial charge in [0.2, 0.25) is 0 Å². The average molecular weight is 202 g/mol. The van der Waals surface area contributed by atoms with Crippen LogP contribution in [0, 0.1) is 5.82 Å². The quantitative estimate of drug-likeness (QED) is 0.700. The van der Waals surface area contributed by atoms with E-state index in [2.05, 4.69) is 10.2 Å². The normalized spacial score (nSPS) is 9.93. The predicted octanol–water partition coefficient (Wildman–Crippen LogP) is 2.10. The number of benzene rings is 1. The number of hydrogen-bond acceptors (Lipinski definition) is 3. The minimum Gasteiger partial charge on any atom is -0.296 e. The Morgan fingerprint density at radius 2 is 1.73 bits per heavy atom. The van der Waals surface area contributed by atoms with Crippen molar-refractivity contribution in [3.8, 4) is 11.3 Å². The number of aldehydes is 1. The predicted molar refractivity (Wildman–Crippen MR) is 52.8 cm³/mol. The van der Waals surface area contributed by atoms with Gasteiger partial charge in [-0.05, 0) is 36.4 Å². The first kappa shape index (κ1) is 9.45. The summed E-state index contributed by atoms with van der Waals surface area (Å²) in [6, 6.07) is 9.16. The molecular formula is C11H7FN2O. The summed E-state index contributed by atoms with van der Waals surface area (Å²) in [5.74, 6) is -0.295. The first-order valence-corrected chi connectivity index (χ1v) is 4.34. The van der Waals surface area contributed by atoms with E-state index in [0.717, 1.165) is 5.56 Å².